The molecule has 0 saturated carbocycles. The van der Waals surface area contributed by atoms with Gasteiger partial charge in [0, 0.05) is 0 Å². The Labute approximate surface area is 110 Å². The molecule has 88 valence electrons. The van der Waals surface area contributed by atoms with Gasteiger partial charge in [0.05, 0.1) is 23.5 Å². The first-order valence-electron chi connectivity index (χ1n) is 5.07. The van der Waals surface area contributed by atoms with Crippen LogP contribution in [0.3, 0.4) is 0 Å². The smallest absolute Gasteiger partial charge is 0.171 e. The van der Waals surface area contributed by atoms with Crippen molar-refractivity contribution in [1.82, 2.24) is 5.32 Å². The first-order chi connectivity index (χ1) is 8.25. The summed E-state index contributed by atoms with van der Waals surface area (Å²) in [5.74, 6) is 0.827. The molecule has 5 heteroatoms. The van der Waals surface area contributed by atoms with Crippen LogP contribution in [-0.4, -0.2) is 5.11 Å². The molecule has 17 heavy (non-hydrogen) atoms. The summed E-state index contributed by atoms with van der Waals surface area (Å²) in [5, 5.41) is 7.19. The van der Waals surface area contributed by atoms with Crippen molar-refractivity contribution >= 4 is 34.6 Å². The van der Waals surface area contributed by atoms with E-state index in [2.05, 4.69) is 10.6 Å². The maximum absolute atomic E-state index is 6.00. The van der Waals surface area contributed by atoms with Crippen LogP contribution in [0.1, 0.15) is 5.76 Å². The Bertz CT molecular complexity index is 499. The van der Waals surface area contributed by atoms with Crippen LogP contribution in [0, 0.1) is 0 Å². The number of halogens is 1. The van der Waals surface area contributed by atoms with Gasteiger partial charge >= 0.3 is 0 Å². The molecule has 0 atom stereocenters. The number of anilines is 1. The highest BCUT2D eigenvalue weighted by Crippen LogP contribution is 2.20. The fraction of sp³-hybridized carbons (Fsp3) is 0.0833. The van der Waals surface area contributed by atoms with Crippen LogP contribution in [0.4, 0.5) is 5.69 Å². The average molecular weight is 267 g/mol. The first-order valence-corrected chi connectivity index (χ1v) is 5.86. The van der Waals surface area contributed by atoms with Crippen LogP contribution in [0.25, 0.3) is 0 Å². The van der Waals surface area contributed by atoms with Gasteiger partial charge in [0.1, 0.15) is 5.76 Å². The number of hydrogen-bond donors (Lipinski definition) is 2. The highest BCUT2D eigenvalue weighted by molar-refractivity contribution is 7.80. The molecule has 0 aliphatic heterocycles. The van der Waals surface area contributed by atoms with E-state index in [0.29, 0.717) is 16.7 Å². The van der Waals surface area contributed by atoms with E-state index < -0.39 is 0 Å². The second-order valence-electron chi connectivity index (χ2n) is 3.37. The fourth-order valence-electron chi connectivity index (χ4n) is 1.31. The molecular weight excluding hydrogens is 256 g/mol. The van der Waals surface area contributed by atoms with Gasteiger partial charge in [0.2, 0.25) is 0 Å². The van der Waals surface area contributed by atoms with Crippen LogP contribution >= 0.6 is 23.8 Å². The summed E-state index contributed by atoms with van der Waals surface area (Å²) in [5.41, 5.74) is 0.783. The molecule has 0 aliphatic carbocycles. The maximum Gasteiger partial charge on any atom is 0.171 e. The average Bonchev–Trinajstić information content (AvgIpc) is 2.82. The number of thiocarbonyl (C=S) groups is 1. The molecule has 0 bridgehead atoms. The highest BCUT2D eigenvalue weighted by Gasteiger charge is 2.02. The molecule has 0 unspecified atom stereocenters. The number of furan rings is 1. The van der Waals surface area contributed by atoms with E-state index in [9.17, 15) is 0 Å². The molecule has 0 saturated heterocycles. The van der Waals surface area contributed by atoms with Gasteiger partial charge in [-0.2, -0.15) is 0 Å². The van der Waals surface area contributed by atoms with Gasteiger partial charge in [-0.15, -0.1) is 0 Å². The molecule has 0 spiro atoms. The van der Waals surface area contributed by atoms with E-state index in [-0.39, 0.29) is 0 Å². The van der Waals surface area contributed by atoms with E-state index in [4.69, 9.17) is 28.2 Å². The van der Waals surface area contributed by atoms with Crippen molar-refractivity contribution in [2.75, 3.05) is 5.32 Å². The molecule has 0 fully saturated rings. The predicted octanol–water partition coefficient (Wildman–Crippen LogP) is 3.42. The lowest BCUT2D eigenvalue weighted by molar-refractivity contribution is 0.503. The lowest BCUT2D eigenvalue weighted by Gasteiger charge is -2.10. The van der Waals surface area contributed by atoms with Gasteiger partial charge in [-0.25, -0.2) is 0 Å². The molecule has 1 aromatic heterocycles. The summed E-state index contributed by atoms with van der Waals surface area (Å²) in [6, 6.07) is 11.1. The molecule has 0 radical (unpaired) electrons. The maximum atomic E-state index is 6.00. The number of para-hydroxylation sites is 1. The second kappa shape index (κ2) is 5.70. The Morgan fingerprint density at radius 1 is 1.24 bits per heavy atom. The minimum Gasteiger partial charge on any atom is -0.467 e. The Hall–Kier alpha value is -1.52. The van der Waals surface area contributed by atoms with E-state index >= 15 is 0 Å². The topological polar surface area (TPSA) is 37.2 Å². The second-order valence-corrected chi connectivity index (χ2v) is 4.18. The summed E-state index contributed by atoms with van der Waals surface area (Å²) in [7, 11) is 0. The van der Waals surface area contributed by atoms with Crippen molar-refractivity contribution < 1.29 is 4.42 Å². The third kappa shape index (κ3) is 3.47. The number of benzene rings is 1. The van der Waals surface area contributed by atoms with Crippen LogP contribution in [0.2, 0.25) is 5.02 Å². The molecule has 2 aromatic rings. The van der Waals surface area contributed by atoms with Gasteiger partial charge in [-0.3, -0.25) is 0 Å². The lowest BCUT2D eigenvalue weighted by atomic mass is 10.3. The molecule has 1 heterocycles. The van der Waals surface area contributed by atoms with Crippen molar-refractivity contribution in [1.29, 1.82) is 0 Å². The van der Waals surface area contributed by atoms with Gasteiger partial charge in [-0.1, -0.05) is 23.7 Å². The Balaban J connectivity index is 1.87. The fourth-order valence-corrected chi connectivity index (χ4v) is 1.67. The summed E-state index contributed by atoms with van der Waals surface area (Å²) in [6.45, 7) is 0.545. The lowest BCUT2D eigenvalue weighted by Crippen LogP contribution is -2.27. The zero-order valence-corrected chi connectivity index (χ0v) is 10.5. The monoisotopic (exact) mass is 266 g/mol. The van der Waals surface area contributed by atoms with Crippen LogP contribution < -0.4 is 10.6 Å². The summed E-state index contributed by atoms with van der Waals surface area (Å²) in [6.07, 6.45) is 1.63. The largest absolute Gasteiger partial charge is 0.467 e. The van der Waals surface area contributed by atoms with Gasteiger partial charge in [0.15, 0.2) is 5.11 Å². The van der Waals surface area contributed by atoms with Crippen LogP contribution in [0.5, 0.6) is 0 Å². The minimum absolute atomic E-state index is 0.509. The van der Waals surface area contributed by atoms with E-state index in [1.807, 2.05) is 30.3 Å². The SMILES string of the molecule is S=C(NCc1ccco1)Nc1ccccc1Cl. The van der Waals surface area contributed by atoms with Crippen molar-refractivity contribution in [3.05, 3.63) is 53.4 Å². The third-order valence-electron chi connectivity index (χ3n) is 2.13. The zero-order valence-electron chi connectivity index (χ0n) is 8.94. The zero-order chi connectivity index (χ0) is 12.1. The Morgan fingerprint density at radius 3 is 2.76 bits per heavy atom. The summed E-state index contributed by atoms with van der Waals surface area (Å²) in [4.78, 5) is 0. The predicted molar refractivity (Wildman–Crippen MR) is 73.2 cm³/mol. The first kappa shape index (κ1) is 12.0. The number of hydrogen-bond acceptors (Lipinski definition) is 2. The molecular formula is C12H11ClN2OS. The molecule has 2 rings (SSSR count). The van der Waals surface area contributed by atoms with Gasteiger partial charge < -0.3 is 15.1 Å². The minimum atomic E-state index is 0.509. The molecule has 2 N–H and O–H groups in total. The molecule has 0 aliphatic rings. The molecule has 0 amide bonds. The Morgan fingerprint density at radius 2 is 2.06 bits per heavy atom. The molecule has 3 nitrogen and oxygen atoms in total. The summed E-state index contributed by atoms with van der Waals surface area (Å²) >= 11 is 11.1. The number of nitrogens with one attached hydrogen (secondary N) is 2. The van der Waals surface area contributed by atoms with Crippen LogP contribution in [0.15, 0.2) is 47.1 Å². The normalized spacial score (nSPS) is 9.94. The van der Waals surface area contributed by atoms with Gasteiger partial charge in [-0.05, 0) is 36.5 Å². The van der Waals surface area contributed by atoms with Crippen molar-refractivity contribution in [2.45, 2.75) is 6.54 Å². The van der Waals surface area contributed by atoms with E-state index in [1.165, 1.54) is 0 Å². The standard InChI is InChI=1S/C12H11ClN2OS/c13-10-5-1-2-6-11(10)15-12(17)14-8-9-4-3-7-16-9/h1-7H,8H2,(H2,14,15,17). The molecule has 1 aromatic carbocycles. The Kier molecular flexibility index (Phi) is 4.01. The third-order valence-corrected chi connectivity index (χ3v) is 2.70. The van der Waals surface area contributed by atoms with Crippen molar-refractivity contribution in [2.24, 2.45) is 0 Å². The van der Waals surface area contributed by atoms with Gasteiger partial charge in [0.25, 0.3) is 0 Å². The van der Waals surface area contributed by atoms with E-state index in [1.54, 1.807) is 12.3 Å². The van der Waals surface area contributed by atoms with Crippen molar-refractivity contribution in [3.63, 3.8) is 0 Å². The van der Waals surface area contributed by atoms with Crippen LogP contribution in [-0.2, 0) is 6.54 Å². The number of rotatable bonds is 3. The van der Waals surface area contributed by atoms with E-state index in [0.717, 1.165) is 11.4 Å². The highest BCUT2D eigenvalue weighted by atomic mass is 35.5. The summed E-state index contributed by atoms with van der Waals surface area (Å²) < 4.78 is 5.18. The van der Waals surface area contributed by atoms with Crippen molar-refractivity contribution in [3.8, 4) is 0 Å². The quantitative estimate of drug-likeness (QED) is 0.835.